The van der Waals surface area contributed by atoms with Crippen molar-refractivity contribution >= 4 is 38.9 Å². The molecule has 0 aromatic carbocycles. The van der Waals surface area contributed by atoms with Crippen LogP contribution in [0.15, 0.2) is 27.7 Å². The predicted octanol–water partition coefficient (Wildman–Crippen LogP) is 4.32. The number of hydrogen-bond donors (Lipinski definition) is 0. The van der Waals surface area contributed by atoms with Crippen molar-refractivity contribution < 1.29 is 13.2 Å². The molecule has 0 atom stereocenters. The van der Waals surface area contributed by atoms with Crippen LogP contribution >= 0.6 is 27.7 Å². The Labute approximate surface area is 147 Å². The third kappa shape index (κ3) is 3.12. The Bertz CT molecular complexity index is 909. The summed E-state index contributed by atoms with van der Waals surface area (Å²) in [4.78, 5) is 9.56. The highest BCUT2D eigenvalue weighted by molar-refractivity contribution is 9.10. The Morgan fingerprint density at radius 3 is 2.67 bits per heavy atom. The first-order chi connectivity index (χ1) is 11.3. The van der Waals surface area contributed by atoms with E-state index in [4.69, 9.17) is 0 Å². The van der Waals surface area contributed by atoms with Crippen LogP contribution in [0.25, 0.3) is 22.7 Å². The van der Waals surface area contributed by atoms with Gasteiger partial charge in [-0.15, -0.1) is 22.0 Å². The zero-order valence-electron chi connectivity index (χ0n) is 12.6. The molecule has 5 nitrogen and oxygen atoms in total. The lowest BCUT2D eigenvalue weighted by Crippen LogP contribution is -2.09. The first kappa shape index (κ1) is 17.2. The lowest BCUT2D eigenvalue weighted by Gasteiger charge is -2.07. The average molecular weight is 418 g/mol. The maximum absolute atomic E-state index is 12.8. The van der Waals surface area contributed by atoms with Crippen molar-refractivity contribution in [1.29, 1.82) is 0 Å². The molecule has 0 spiro atoms. The van der Waals surface area contributed by atoms with Crippen molar-refractivity contribution in [3.8, 4) is 11.5 Å². The zero-order valence-corrected chi connectivity index (χ0v) is 15.0. The van der Waals surface area contributed by atoms with E-state index in [1.807, 2.05) is 13.0 Å². The zero-order chi connectivity index (χ0) is 17.5. The SMILES string of the molecule is CCSc1cc(Br)cnc1-c1nc2cc(C(F)(F)F)nnc2n1C. The lowest BCUT2D eigenvalue weighted by molar-refractivity contribution is -0.141. The molecule has 3 aromatic rings. The van der Waals surface area contributed by atoms with Gasteiger partial charge in [-0.25, -0.2) is 4.98 Å². The number of nitrogens with zero attached hydrogens (tertiary/aromatic N) is 5. The van der Waals surface area contributed by atoms with Crippen LogP contribution < -0.4 is 0 Å². The van der Waals surface area contributed by atoms with Gasteiger partial charge in [-0.3, -0.25) is 4.98 Å². The van der Waals surface area contributed by atoms with Gasteiger partial charge in [0, 0.05) is 28.7 Å². The second-order valence-corrected chi connectivity index (χ2v) is 7.09. The maximum Gasteiger partial charge on any atom is 0.435 e. The quantitative estimate of drug-likeness (QED) is 0.594. The number of alkyl halides is 3. The van der Waals surface area contributed by atoms with Crippen LogP contribution in [0, 0.1) is 0 Å². The molecular formula is C14H11BrF3N5S. The Balaban J connectivity index is 2.19. The minimum Gasteiger partial charge on any atom is -0.309 e. The van der Waals surface area contributed by atoms with Crippen LogP contribution in [0.1, 0.15) is 12.6 Å². The Morgan fingerprint density at radius 2 is 2.00 bits per heavy atom. The minimum absolute atomic E-state index is 0.131. The van der Waals surface area contributed by atoms with Gasteiger partial charge in [0.15, 0.2) is 17.2 Å². The summed E-state index contributed by atoms with van der Waals surface area (Å²) in [6.45, 7) is 2.01. The van der Waals surface area contributed by atoms with Crippen LogP contribution in [0.3, 0.4) is 0 Å². The van der Waals surface area contributed by atoms with Crippen molar-refractivity contribution in [2.24, 2.45) is 7.05 Å². The van der Waals surface area contributed by atoms with Gasteiger partial charge in [0.05, 0.1) is 0 Å². The maximum atomic E-state index is 12.8. The Hall–Kier alpha value is -1.68. The molecule has 0 saturated carbocycles. The van der Waals surface area contributed by atoms with Crippen molar-refractivity contribution in [3.63, 3.8) is 0 Å². The first-order valence-electron chi connectivity index (χ1n) is 6.87. The summed E-state index contributed by atoms with van der Waals surface area (Å²) in [6.07, 6.45) is -2.93. The van der Waals surface area contributed by atoms with Gasteiger partial charge in [0.2, 0.25) is 0 Å². The fourth-order valence-corrected chi connectivity index (χ4v) is 3.48. The summed E-state index contributed by atoms with van der Waals surface area (Å²) in [6, 6.07) is 2.81. The molecule has 0 fully saturated rings. The molecule has 3 rings (SSSR count). The largest absolute Gasteiger partial charge is 0.435 e. The fraction of sp³-hybridized carbons (Fsp3) is 0.286. The third-order valence-electron chi connectivity index (χ3n) is 3.24. The van der Waals surface area contributed by atoms with Gasteiger partial charge in [0.25, 0.3) is 0 Å². The number of aryl methyl sites for hydroxylation is 1. The van der Waals surface area contributed by atoms with Crippen LogP contribution in [0.5, 0.6) is 0 Å². The number of imidazole rings is 1. The first-order valence-corrected chi connectivity index (χ1v) is 8.65. The molecule has 10 heteroatoms. The van der Waals surface area contributed by atoms with Crippen molar-refractivity contribution in [1.82, 2.24) is 24.7 Å². The van der Waals surface area contributed by atoms with E-state index in [1.54, 1.807) is 29.6 Å². The summed E-state index contributed by atoms with van der Waals surface area (Å²) >= 11 is 4.95. The molecule has 3 heterocycles. The predicted molar refractivity (Wildman–Crippen MR) is 88.6 cm³/mol. The van der Waals surface area contributed by atoms with Gasteiger partial charge in [-0.1, -0.05) is 6.92 Å². The number of halogens is 4. The van der Waals surface area contributed by atoms with E-state index in [9.17, 15) is 13.2 Å². The van der Waals surface area contributed by atoms with E-state index < -0.39 is 11.9 Å². The Kier molecular flexibility index (Phi) is 4.52. The van der Waals surface area contributed by atoms with Crippen molar-refractivity contribution in [2.45, 2.75) is 18.0 Å². The molecule has 126 valence electrons. The molecule has 0 unspecified atom stereocenters. The highest BCUT2D eigenvalue weighted by Crippen LogP contribution is 2.33. The molecular weight excluding hydrogens is 407 g/mol. The molecule has 3 aromatic heterocycles. The molecule has 0 saturated heterocycles. The van der Waals surface area contributed by atoms with Crippen LogP contribution in [0.4, 0.5) is 13.2 Å². The van der Waals surface area contributed by atoms with E-state index in [-0.39, 0.29) is 11.2 Å². The minimum atomic E-state index is -4.56. The molecule has 0 amide bonds. The van der Waals surface area contributed by atoms with Crippen molar-refractivity contribution in [2.75, 3.05) is 5.75 Å². The number of thioether (sulfide) groups is 1. The monoisotopic (exact) mass is 417 g/mol. The highest BCUT2D eigenvalue weighted by Gasteiger charge is 2.34. The fourth-order valence-electron chi connectivity index (χ4n) is 2.19. The van der Waals surface area contributed by atoms with E-state index in [0.717, 1.165) is 21.2 Å². The van der Waals surface area contributed by atoms with E-state index >= 15 is 0 Å². The summed E-state index contributed by atoms with van der Waals surface area (Å²) in [5.41, 5.74) is -0.0622. The average Bonchev–Trinajstić information content (AvgIpc) is 2.83. The van der Waals surface area contributed by atoms with Crippen LogP contribution in [-0.4, -0.2) is 30.5 Å². The number of rotatable bonds is 3. The summed E-state index contributed by atoms with van der Waals surface area (Å²) in [5.74, 6) is 1.27. The van der Waals surface area contributed by atoms with Gasteiger partial charge in [-0.05, 0) is 27.7 Å². The van der Waals surface area contributed by atoms with E-state index in [2.05, 4.69) is 36.1 Å². The molecule has 24 heavy (non-hydrogen) atoms. The molecule has 0 aliphatic carbocycles. The van der Waals surface area contributed by atoms with E-state index in [0.29, 0.717) is 11.5 Å². The molecule has 0 N–H and O–H groups in total. The molecule has 0 aliphatic heterocycles. The standard InChI is InChI=1S/C14H11BrF3N5S/c1-3-24-9-4-7(15)6-19-11(9)13-20-8-5-10(14(16,17)18)21-22-12(8)23(13)2/h4-6H,3H2,1-2H3. The van der Waals surface area contributed by atoms with Gasteiger partial charge in [-0.2, -0.15) is 13.2 Å². The topological polar surface area (TPSA) is 56.5 Å². The molecule has 0 aliphatic rings. The number of aromatic nitrogens is 5. The molecule has 0 radical (unpaired) electrons. The van der Waals surface area contributed by atoms with Gasteiger partial charge in [0.1, 0.15) is 11.2 Å². The Morgan fingerprint density at radius 1 is 1.25 bits per heavy atom. The summed E-state index contributed by atoms with van der Waals surface area (Å²) in [5, 5.41) is 6.92. The van der Waals surface area contributed by atoms with E-state index in [1.165, 1.54) is 0 Å². The normalized spacial score (nSPS) is 12.1. The lowest BCUT2D eigenvalue weighted by atomic mass is 10.3. The summed E-state index contributed by atoms with van der Waals surface area (Å²) < 4.78 is 40.8. The van der Waals surface area contributed by atoms with Crippen LogP contribution in [0.2, 0.25) is 0 Å². The van der Waals surface area contributed by atoms with Crippen molar-refractivity contribution in [3.05, 3.63) is 28.5 Å². The second-order valence-electron chi connectivity index (χ2n) is 4.86. The smallest absolute Gasteiger partial charge is 0.309 e. The van der Waals surface area contributed by atoms with Crippen LogP contribution in [-0.2, 0) is 13.2 Å². The highest BCUT2D eigenvalue weighted by atomic mass is 79.9. The van der Waals surface area contributed by atoms with Gasteiger partial charge < -0.3 is 4.57 Å². The summed E-state index contributed by atoms with van der Waals surface area (Å²) in [7, 11) is 1.68. The number of fused-ring (bicyclic) bond motifs is 1. The third-order valence-corrected chi connectivity index (χ3v) is 4.58. The van der Waals surface area contributed by atoms with Gasteiger partial charge >= 0.3 is 6.18 Å². The second kappa shape index (κ2) is 6.32. The number of hydrogen-bond acceptors (Lipinski definition) is 5. The molecule has 0 bridgehead atoms. The number of pyridine rings is 1.